The minimum atomic E-state index is 0.671. The van der Waals surface area contributed by atoms with E-state index in [2.05, 4.69) is 88.7 Å². The topological polar surface area (TPSA) is 33.1 Å². The van der Waals surface area contributed by atoms with Crippen molar-refractivity contribution < 1.29 is 0 Å². The molecule has 146 valence electrons. The van der Waals surface area contributed by atoms with Crippen LogP contribution in [0.4, 0.5) is 0 Å². The van der Waals surface area contributed by atoms with Gasteiger partial charge in [0, 0.05) is 36.5 Å². The molecule has 4 heteroatoms. The lowest BCUT2D eigenvalue weighted by atomic mass is 10.1. The number of likely N-dealkylation sites (tertiary alicyclic amines) is 1. The molecule has 4 rings (SSSR count). The van der Waals surface area contributed by atoms with Gasteiger partial charge >= 0.3 is 0 Å². The molecule has 4 nitrogen and oxygen atoms in total. The Morgan fingerprint density at radius 1 is 1.04 bits per heavy atom. The summed E-state index contributed by atoms with van der Waals surface area (Å²) in [6.07, 6.45) is 4.83. The smallest absolute Gasteiger partial charge is 0.0968 e. The van der Waals surface area contributed by atoms with Gasteiger partial charge in [0.05, 0.1) is 12.2 Å². The fraction of sp³-hybridized carbons (Fsp3) is 0.375. The van der Waals surface area contributed by atoms with Gasteiger partial charge in [0.2, 0.25) is 0 Å². The van der Waals surface area contributed by atoms with Gasteiger partial charge in [-0.15, -0.1) is 0 Å². The molecule has 0 bridgehead atoms. The molecule has 0 radical (unpaired) electrons. The number of benzene rings is 2. The predicted molar refractivity (Wildman–Crippen MR) is 115 cm³/mol. The third-order valence-electron chi connectivity index (χ3n) is 5.67. The number of hydrogen-bond acceptors (Lipinski definition) is 3. The van der Waals surface area contributed by atoms with E-state index in [1.54, 1.807) is 0 Å². The molecule has 1 unspecified atom stereocenters. The molecule has 1 fully saturated rings. The molecule has 28 heavy (non-hydrogen) atoms. The minimum absolute atomic E-state index is 0.671. The Hall–Kier alpha value is -2.43. The van der Waals surface area contributed by atoms with Crippen molar-refractivity contribution in [1.82, 2.24) is 20.0 Å². The Morgan fingerprint density at radius 3 is 2.54 bits per heavy atom. The van der Waals surface area contributed by atoms with Gasteiger partial charge in [0.1, 0.15) is 0 Å². The molecule has 1 N–H and O–H groups in total. The van der Waals surface area contributed by atoms with E-state index >= 15 is 0 Å². The van der Waals surface area contributed by atoms with Gasteiger partial charge in [0.25, 0.3) is 0 Å². The first kappa shape index (κ1) is 18.9. The molecular formula is C24H30N4. The summed E-state index contributed by atoms with van der Waals surface area (Å²) in [5.41, 5.74) is 4.81. The van der Waals surface area contributed by atoms with Gasteiger partial charge in [-0.05, 0) is 31.5 Å². The van der Waals surface area contributed by atoms with Gasteiger partial charge in [-0.2, -0.15) is 5.10 Å². The van der Waals surface area contributed by atoms with E-state index in [9.17, 15) is 0 Å². The number of aromatic nitrogens is 2. The average molecular weight is 375 g/mol. The van der Waals surface area contributed by atoms with Crippen LogP contribution in [0.15, 0.2) is 66.9 Å². The number of rotatable bonds is 8. The lowest BCUT2D eigenvalue weighted by molar-refractivity contribution is 0.260. The Kier molecular flexibility index (Phi) is 6.20. The van der Waals surface area contributed by atoms with E-state index in [1.165, 1.54) is 36.1 Å². The fourth-order valence-electron chi connectivity index (χ4n) is 4.20. The van der Waals surface area contributed by atoms with Gasteiger partial charge in [-0.1, -0.05) is 67.6 Å². The molecule has 1 saturated heterocycles. The Labute approximate surface area is 168 Å². The summed E-state index contributed by atoms with van der Waals surface area (Å²) < 4.78 is 2.07. The molecule has 3 aromatic rings. The predicted octanol–water partition coefficient (Wildman–Crippen LogP) is 4.17. The Balaban J connectivity index is 1.49. The maximum Gasteiger partial charge on any atom is 0.0968 e. The van der Waals surface area contributed by atoms with Crippen molar-refractivity contribution in [2.24, 2.45) is 0 Å². The first-order chi connectivity index (χ1) is 13.8. The second kappa shape index (κ2) is 9.18. The minimum Gasteiger partial charge on any atom is -0.311 e. The molecule has 2 aromatic carbocycles. The van der Waals surface area contributed by atoms with Crippen LogP contribution in [-0.4, -0.2) is 40.4 Å². The van der Waals surface area contributed by atoms with Crippen LogP contribution in [0.2, 0.25) is 0 Å². The van der Waals surface area contributed by atoms with E-state index < -0.39 is 0 Å². The van der Waals surface area contributed by atoms with E-state index in [1.807, 2.05) is 0 Å². The molecular weight excluding hydrogens is 344 g/mol. The molecule has 1 atom stereocenters. The largest absolute Gasteiger partial charge is 0.311 e. The van der Waals surface area contributed by atoms with Crippen molar-refractivity contribution >= 4 is 0 Å². The zero-order valence-electron chi connectivity index (χ0n) is 16.7. The number of likely N-dealkylation sites (N-methyl/N-ethyl adjacent to an activating group) is 1. The van der Waals surface area contributed by atoms with Crippen molar-refractivity contribution in [2.45, 2.75) is 38.9 Å². The zero-order valence-corrected chi connectivity index (χ0v) is 16.7. The van der Waals surface area contributed by atoms with Gasteiger partial charge in [-0.3, -0.25) is 9.58 Å². The van der Waals surface area contributed by atoms with E-state index in [4.69, 9.17) is 5.10 Å². The summed E-state index contributed by atoms with van der Waals surface area (Å²) in [6, 6.07) is 21.7. The van der Waals surface area contributed by atoms with Crippen molar-refractivity contribution in [3.63, 3.8) is 0 Å². The molecule has 0 saturated carbocycles. The first-order valence-electron chi connectivity index (χ1n) is 10.4. The van der Waals surface area contributed by atoms with Gasteiger partial charge in [0.15, 0.2) is 0 Å². The van der Waals surface area contributed by atoms with Crippen LogP contribution < -0.4 is 5.32 Å². The first-order valence-corrected chi connectivity index (χ1v) is 10.4. The molecule has 0 amide bonds. The fourth-order valence-corrected chi connectivity index (χ4v) is 4.20. The van der Waals surface area contributed by atoms with Gasteiger partial charge < -0.3 is 5.32 Å². The van der Waals surface area contributed by atoms with E-state index in [0.717, 1.165) is 31.9 Å². The zero-order chi connectivity index (χ0) is 19.2. The van der Waals surface area contributed by atoms with Crippen molar-refractivity contribution in [2.75, 3.05) is 19.6 Å². The second-order valence-electron chi connectivity index (χ2n) is 7.61. The third-order valence-corrected chi connectivity index (χ3v) is 5.67. The Bertz CT molecular complexity index is 857. The van der Waals surface area contributed by atoms with Crippen molar-refractivity contribution in [1.29, 1.82) is 0 Å². The SMILES string of the molecule is CCN1CCCC1CNCc1cn(Cc2ccccc2)nc1-c1ccccc1. The highest BCUT2D eigenvalue weighted by Crippen LogP contribution is 2.23. The normalized spacial score (nSPS) is 17.2. The summed E-state index contributed by atoms with van der Waals surface area (Å²) in [6.45, 7) is 7.36. The molecule has 1 aliphatic heterocycles. The highest BCUT2D eigenvalue weighted by molar-refractivity contribution is 5.62. The average Bonchev–Trinajstić information content (AvgIpc) is 3.36. The molecule has 1 aliphatic rings. The van der Waals surface area contributed by atoms with Crippen LogP contribution in [0, 0.1) is 0 Å². The summed E-state index contributed by atoms with van der Waals surface area (Å²) in [7, 11) is 0. The van der Waals surface area contributed by atoms with Crippen LogP contribution in [0.25, 0.3) is 11.3 Å². The lowest BCUT2D eigenvalue weighted by Crippen LogP contribution is -2.37. The molecule has 0 spiro atoms. The monoisotopic (exact) mass is 374 g/mol. The molecule has 2 heterocycles. The standard InChI is InChI=1S/C24H30N4/c1-2-27-15-9-14-23(27)17-25-16-22-19-28(18-20-10-5-3-6-11-20)26-24(22)21-12-7-4-8-13-21/h3-8,10-13,19,23,25H,2,9,14-18H2,1H3. The van der Waals surface area contributed by atoms with Crippen molar-refractivity contribution in [3.8, 4) is 11.3 Å². The maximum absolute atomic E-state index is 4.92. The molecule has 0 aliphatic carbocycles. The van der Waals surface area contributed by atoms with Crippen LogP contribution in [0.5, 0.6) is 0 Å². The van der Waals surface area contributed by atoms with Crippen LogP contribution in [0.3, 0.4) is 0 Å². The summed E-state index contributed by atoms with van der Waals surface area (Å²) >= 11 is 0. The highest BCUT2D eigenvalue weighted by atomic mass is 15.3. The number of nitrogens with one attached hydrogen (secondary N) is 1. The number of nitrogens with zero attached hydrogens (tertiary/aromatic N) is 3. The maximum atomic E-state index is 4.92. The number of hydrogen-bond donors (Lipinski definition) is 1. The van der Waals surface area contributed by atoms with Crippen LogP contribution >= 0.6 is 0 Å². The van der Waals surface area contributed by atoms with E-state index in [0.29, 0.717) is 6.04 Å². The lowest BCUT2D eigenvalue weighted by Gasteiger charge is -2.22. The Morgan fingerprint density at radius 2 is 1.79 bits per heavy atom. The quantitative estimate of drug-likeness (QED) is 0.642. The van der Waals surface area contributed by atoms with Gasteiger partial charge in [-0.25, -0.2) is 0 Å². The second-order valence-corrected chi connectivity index (χ2v) is 7.61. The van der Waals surface area contributed by atoms with Crippen LogP contribution in [-0.2, 0) is 13.1 Å². The van der Waals surface area contributed by atoms with E-state index in [-0.39, 0.29) is 0 Å². The van der Waals surface area contributed by atoms with Crippen LogP contribution in [0.1, 0.15) is 30.9 Å². The third kappa shape index (κ3) is 4.51. The summed E-state index contributed by atoms with van der Waals surface area (Å²) in [5.74, 6) is 0. The van der Waals surface area contributed by atoms with Crippen molar-refractivity contribution in [3.05, 3.63) is 78.0 Å². The highest BCUT2D eigenvalue weighted by Gasteiger charge is 2.22. The molecule has 1 aromatic heterocycles. The summed E-state index contributed by atoms with van der Waals surface area (Å²) in [4.78, 5) is 2.59. The summed E-state index contributed by atoms with van der Waals surface area (Å²) in [5, 5.41) is 8.62.